The van der Waals surface area contributed by atoms with Gasteiger partial charge in [-0.15, -0.1) is 0 Å². The van der Waals surface area contributed by atoms with Gasteiger partial charge in [-0.1, -0.05) is 12.1 Å². The molecule has 128 valence electrons. The molecule has 1 saturated heterocycles. The maximum Gasteiger partial charge on any atom is 0.414 e. The van der Waals surface area contributed by atoms with E-state index in [-0.39, 0.29) is 12.1 Å². The minimum absolute atomic E-state index is 0.0761. The highest BCUT2D eigenvalue weighted by Crippen LogP contribution is 2.25. The summed E-state index contributed by atoms with van der Waals surface area (Å²) in [7, 11) is 0. The van der Waals surface area contributed by atoms with Crippen LogP contribution in [-0.2, 0) is 11.3 Å². The molecule has 0 spiro atoms. The van der Waals surface area contributed by atoms with Gasteiger partial charge in [0.05, 0.1) is 18.4 Å². The molecule has 0 aliphatic carbocycles. The summed E-state index contributed by atoms with van der Waals surface area (Å²) >= 11 is 0. The average molecular weight is 336 g/mol. The number of anilines is 2. The van der Waals surface area contributed by atoms with Crippen molar-refractivity contribution in [2.45, 2.75) is 25.9 Å². The molecule has 0 bridgehead atoms. The molecule has 0 saturated carbocycles. The van der Waals surface area contributed by atoms with E-state index >= 15 is 0 Å². The quantitative estimate of drug-likeness (QED) is 0.879. The number of ether oxygens (including phenoxy) is 1. The molecular formula is C16H18F2N4O2. The highest BCUT2D eigenvalue weighted by atomic mass is 19.3. The summed E-state index contributed by atoms with van der Waals surface area (Å²) in [6, 6.07) is 7.49. The van der Waals surface area contributed by atoms with E-state index in [1.165, 1.54) is 10.9 Å². The predicted octanol–water partition coefficient (Wildman–Crippen LogP) is 3.28. The Morgan fingerprint density at radius 1 is 1.42 bits per heavy atom. The molecule has 2 aromatic rings. The van der Waals surface area contributed by atoms with Gasteiger partial charge < -0.3 is 10.1 Å². The van der Waals surface area contributed by atoms with Crippen molar-refractivity contribution in [3.05, 3.63) is 42.2 Å². The largest absolute Gasteiger partial charge is 0.447 e. The first kappa shape index (κ1) is 16.2. The summed E-state index contributed by atoms with van der Waals surface area (Å²) in [6.45, 7) is 2.44. The number of amides is 1. The molecule has 0 radical (unpaired) electrons. The summed E-state index contributed by atoms with van der Waals surface area (Å²) in [5.74, 6) is 0. The lowest BCUT2D eigenvalue weighted by Gasteiger charge is -2.18. The van der Waals surface area contributed by atoms with Crippen LogP contribution in [0.3, 0.4) is 0 Å². The monoisotopic (exact) mass is 336 g/mol. The van der Waals surface area contributed by atoms with Gasteiger partial charge >= 0.3 is 6.09 Å². The van der Waals surface area contributed by atoms with Crippen LogP contribution >= 0.6 is 0 Å². The summed E-state index contributed by atoms with van der Waals surface area (Å²) in [4.78, 5) is 13.2. The first-order valence-corrected chi connectivity index (χ1v) is 7.64. The summed E-state index contributed by atoms with van der Waals surface area (Å²) in [5.41, 5.74) is 2.40. The fourth-order valence-corrected chi connectivity index (χ4v) is 2.60. The molecule has 2 heterocycles. The smallest absolute Gasteiger partial charge is 0.414 e. The molecule has 1 fully saturated rings. The van der Waals surface area contributed by atoms with E-state index in [1.54, 1.807) is 11.1 Å². The summed E-state index contributed by atoms with van der Waals surface area (Å²) in [6.07, 6.45) is 0.276. The van der Waals surface area contributed by atoms with Crippen LogP contribution in [0.4, 0.5) is 25.0 Å². The van der Waals surface area contributed by atoms with Crippen molar-refractivity contribution >= 4 is 17.5 Å². The number of benzene rings is 1. The molecule has 8 heteroatoms. The van der Waals surface area contributed by atoms with E-state index in [4.69, 9.17) is 4.74 Å². The summed E-state index contributed by atoms with van der Waals surface area (Å²) in [5, 5.41) is 7.12. The molecule has 1 N–H and O–H groups in total. The van der Waals surface area contributed by atoms with Crippen LogP contribution in [-0.4, -0.2) is 35.5 Å². The van der Waals surface area contributed by atoms with Crippen LogP contribution in [0, 0.1) is 0 Å². The van der Waals surface area contributed by atoms with E-state index in [0.29, 0.717) is 18.8 Å². The number of hydrogen-bond acceptors (Lipinski definition) is 4. The van der Waals surface area contributed by atoms with E-state index in [0.717, 1.165) is 11.3 Å². The Balaban J connectivity index is 1.69. The number of hydrogen-bond donors (Lipinski definition) is 1. The molecule has 24 heavy (non-hydrogen) atoms. The Bertz CT molecular complexity index is 720. The van der Waals surface area contributed by atoms with Gasteiger partial charge in [-0.25, -0.2) is 13.6 Å². The Labute approximate surface area is 138 Å². The number of halogens is 2. The molecule has 1 aromatic heterocycles. The van der Waals surface area contributed by atoms with E-state index in [1.807, 2.05) is 31.2 Å². The third kappa shape index (κ3) is 3.64. The zero-order valence-electron chi connectivity index (χ0n) is 13.2. The molecular weight excluding hydrogens is 318 g/mol. The third-order valence-electron chi connectivity index (χ3n) is 3.78. The molecule has 6 nitrogen and oxygen atoms in total. The first-order valence-electron chi connectivity index (χ1n) is 7.64. The van der Waals surface area contributed by atoms with Gasteiger partial charge in [-0.3, -0.25) is 9.58 Å². The van der Waals surface area contributed by atoms with Gasteiger partial charge in [0.15, 0.2) is 0 Å². The van der Waals surface area contributed by atoms with Crippen LogP contribution < -0.4 is 10.2 Å². The minimum Gasteiger partial charge on any atom is -0.447 e. The van der Waals surface area contributed by atoms with Crippen molar-refractivity contribution in [1.82, 2.24) is 9.78 Å². The van der Waals surface area contributed by atoms with Gasteiger partial charge in [0, 0.05) is 17.9 Å². The van der Waals surface area contributed by atoms with Gasteiger partial charge in [0.25, 0.3) is 6.43 Å². The Morgan fingerprint density at radius 3 is 2.96 bits per heavy atom. The lowest BCUT2D eigenvalue weighted by molar-refractivity contribution is 0.122. The third-order valence-corrected chi connectivity index (χ3v) is 3.78. The maximum absolute atomic E-state index is 12.4. The van der Waals surface area contributed by atoms with Crippen LogP contribution in [0.25, 0.3) is 0 Å². The van der Waals surface area contributed by atoms with Crippen molar-refractivity contribution in [3.63, 3.8) is 0 Å². The van der Waals surface area contributed by atoms with Gasteiger partial charge in [0.1, 0.15) is 13.2 Å². The number of aromatic nitrogens is 2. The highest BCUT2D eigenvalue weighted by molar-refractivity contribution is 5.89. The van der Waals surface area contributed by atoms with Crippen molar-refractivity contribution in [1.29, 1.82) is 0 Å². The van der Waals surface area contributed by atoms with Gasteiger partial charge in [0.2, 0.25) is 0 Å². The Kier molecular flexibility index (Phi) is 4.64. The van der Waals surface area contributed by atoms with E-state index < -0.39 is 13.0 Å². The number of nitrogens with one attached hydrogen (secondary N) is 1. The van der Waals surface area contributed by atoms with Crippen molar-refractivity contribution in [2.75, 3.05) is 23.4 Å². The second kappa shape index (κ2) is 6.86. The van der Waals surface area contributed by atoms with Crippen molar-refractivity contribution in [2.24, 2.45) is 0 Å². The molecule has 1 aromatic carbocycles. The fourth-order valence-electron chi connectivity index (χ4n) is 2.60. The topological polar surface area (TPSA) is 59.4 Å². The molecule has 1 atom stereocenters. The normalized spacial score (nSPS) is 15.7. The van der Waals surface area contributed by atoms with Crippen LogP contribution in [0.5, 0.6) is 0 Å². The number of alkyl halides is 2. The summed E-state index contributed by atoms with van der Waals surface area (Å²) < 4.78 is 30.9. The lowest BCUT2D eigenvalue weighted by Crippen LogP contribution is -2.23. The lowest BCUT2D eigenvalue weighted by atomic mass is 10.1. The van der Waals surface area contributed by atoms with E-state index in [9.17, 15) is 13.6 Å². The molecule has 1 unspecified atom stereocenters. The SMILES string of the molecule is CC(Nc1cnn(CC(F)F)c1)c1cccc(N2CCOC2=O)c1. The van der Waals surface area contributed by atoms with Crippen LogP contribution in [0.15, 0.2) is 36.7 Å². The molecule has 1 aliphatic heterocycles. The fraction of sp³-hybridized carbons (Fsp3) is 0.375. The predicted molar refractivity (Wildman–Crippen MR) is 85.4 cm³/mol. The average Bonchev–Trinajstić information content (AvgIpc) is 3.16. The van der Waals surface area contributed by atoms with Gasteiger partial charge in [-0.05, 0) is 24.6 Å². The van der Waals surface area contributed by atoms with Crippen LogP contribution in [0.2, 0.25) is 0 Å². The highest BCUT2D eigenvalue weighted by Gasteiger charge is 2.23. The maximum atomic E-state index is 12.4. The molecule has 3 rings (SSSR count). The standard InChI is InChI=1S/C16H18F2N4O2/c1-11(20-13-8-19-21(9-13)10-15(17)18)12-3-2-4-14(7-12)22-5-6-24-16(22)23/h2-4,7-9,11,15,20H,5-6,10H2,1H3. The van der Waals surface area contributed by atoms with Crippen molar-refractivity contribution < 1.29 is 18.3 Å². The molecule has 1 aliphatic rings. The Hall–Kier alpha value is -2.64. The second-order valence-electron chi connectivity index (χ2n) is 5.57. The second-order valence-corrected chi connectivity index (χ2v) is 5.57. The number of carbonyl (C=O) groups is 1. The first-order chi connectivity index (χ1) is 11.5. The number of cyclic esters (lactones) is 1. The van der Waals surface area contributed by atoms with Crippen molar-refractivity contribution in [3.8, 4) is 0 Å². The Morgan fingerprint density at radius 2 is 2.25 bits per heavy atom. The minimum atomic E-state index is -2.44. The number of carbonyl (C=O) groups excluding carboxylic acids is 1. The number of rotatable bonds is 6. The molecule has 1 amide bonds. The number of nitrogens with zero attached hydrogens (tertiary/aromatic N) is 3. The van der Waals surface area contributed by atoms with Gasteiger partial charge in [-0.2, -0.15) is 5.10 Å². The van der Waals surface area contributed by atoms with Crippen LogP contribution in [0.1, 0.15) is 18.5 Å². The zero-order chi connectivity index (χ0) is 17.1. The van der Waals surface area contributed by atoms with E-state index in [2.05, 4.69) is 10.4 Å². The zero-order valence-corrected chi connectivity index (χ0v) is 13.2.